The zero-order valence-corrected chi connectivity index (χ0v) is 13.8. The van der Waals surface area contributed by atoms with Crippen molar-refractivity contribution in [3.8, 4) is 0 Å². The lowest BCUT2D eigenvalue weighted by atomic mass is 9.91. The molecule has 0 amide bonds. The SMILES string of the molecule is C[C@H]1c2ccccc2CC(n2cncn2)N1Cc1ccc(F)cc1F. The molecular formula is C19H18F2N4. The maximum Gasteiger partial charge on any atom is 0.137 e. The van der Waals surface area contributed by atoms with E-state index in [4.69, 9.17) is 0 Å². The second kappa shape index (κ2) is 6.37. The quantitative estimate of drug-likeness (QED) is 0.726. The minimum absolute atomic E-state index is 0.0724. The Labute approximate surface area is 144 Å². The van der Waals surface area contributed by atoms with Gasteiger partial charge in [0.25, 0.3) is 0 Å². The van der Waals surface area contributed by atoms with Crippen LogP contribution in [-0.2, 0) is 13.0 Å². The van der Waals surface area contributed by atoms with Gasteiger partial charge in [0.2, 0.25) is 0 Å². The smallest absolute Gasteiger partial charge is 0.137 e. The number of benzene rings is 2. The number of hydrogen-bond donors (Lipinski definition) is 0. The molecule has 2 aromatic carbocycles. The van der Waals surface area contributed by atoms with Crippen LogP contribution < -0.4 is 0 Å². The molecule has 1 aliphatic heterocycles. The fourth-order valence-electron chi connectivity index (χ4n) is 3.58. The van der Waals surface area contributed by atoms with Gasteiger partial charge in [-0.1, -0.05) is 30.3 Å². The Morgan fingerprint density at radius 1 is 1.16 bits per heavy atom. The van der Waals surface area contributed by atoms with Crippen molar-refractivity contribution in [1.82, 2.24) is 19.7 Å². The summed E-state index contributed by atoms with van der Waals surface area (Å²) in [4.78, 5) is 6.22. The lowest BCUT2D eigenvalue weighted by Crippen LogP contribution is -2.40. The van der Waals surface area contributed by atoms with Crippen molar-refractivity contribution in [2.45, 2.75) is 32.1 Å². The van der Waals surface area contributed by atoms with E-state index in [0.717, 1.165) is 12.5 Å². The topological polar surface area (TPSA) is 34.0 Å². The van der Waals surface area contributed by atoms with Crippen molar-refractivity contribution < 1.29 is 8.78 Å². The molecule has 0 bridgehead atoms. The summed E-state index contributed by atoms with van der Waals surface area (Å²) in [6.07, 6.45) is 3.87. The van der Waals surface area contributed by atoms with Crippen molar-refractivity contribution in [2.75, 3.05) is 0 Å². The van der Waals surface area contributed by atoms with Crippen molar-refractivity contribution in [3.63, 3.8) is 0 Å². The minimum atomic E-state index is -0.564. The van der Waals surface area contributed by atoms with Crippen molar-refractivity contribution in [1.29, 1.82) is 0 Å². The van der Waals surface area contributed by atoms with Crippen LogP contribution in [0.4, 0.5) is 8.78 Å². The second-order valence-corrected chi connectivity index (χ2v) is 6.34. The predicted molar refractivity (Wildman–Crippen MR) is 89.5 cm³/mol. The molecule has 25 heavy (non-hydrogen) atoms. The largest absolute Gasteiger partial charge is 0.270 e. The zero-order valence-electron chi connectivity index (χ0n) is 13.8. The summed E-state index contributed by atoms with van der Waals surface area (Å²) in [5.41, 5.74) is 2.95. The molecular weight excluding hydrogens is 322 g/mol. The fraction of sp³-hybridized carbons (Fsp3) is 0.263. The molecule has 0 N–H and O–H groups in total. The van der Waals surface area contributed by atoms with Gasteiger partial charge in [0.1, 0.15) is 30.5 Å². The van der Waals surface area contributed by atoms with Gasteiger partial charge < -0.3 is 0 Å². The maximum atomic E-state index is 14.2. The van der Waals surface area contributed by atoms with E-state index >= 15 is 0 Å². The normalized spacial score (nSPS) is 20.4. The molecule has 1 unspecified atom stereocenters. The predicted octanol–water partition coefficient (Wildman–Crippen LogP) is 3.87. The van der Waals surface area contributed by atoms with E-state index in [9.17, 15) is 8.78 Å². The van der Waals surface area contributed by atoms with Gasteiger partial charge >= 0.3 is 0 Å². The van der Waals surface area contributed by atoms with E-state index in [1.807, 2.05) is 12.1 Å². The van der Waals surface area contributed by atoms with Gasteiger partial charge in [-0.05, 0) is 24.1 Å². The lowest BCUT2D eigenvalue weighted by Gasteiger charge is -2.41. The summed E-state index contributed by atoms with van der Waals surface area (Å²) >= 11 is 0. The Morgan fingerprint density at radius 3 is 2.76 bits per heavy atom. The van der Waals surface area contributed by atoms with Crippen LogP contribution in [-0.4, -0.2) is 19.7 Å². The van der Waals surface area contributed by atoms with E-state index < -0.39 is 11.6 Å². The van der Waals surface area contributed by atoms with E-state index in [-0.39, 0.29) is 12.2 Å². The van der Waals surface area contributed by atoms with Crippen molar-refractivity contribution in [3.05, 3.63) is 83.4 Å². The molecule has 0 spiro atoms. The van der Waals surface area contributed by atoms with E-state index in [2.05, 4.69) is 34.0 Å². The highest BCUT2D eigenvalue weighted by atomic mass is 19.1. The monoisotopic (exact) mass is 340 g/mol. The molecule has 2 heterocycles. The van der Waals surface area contributed by atoms with Crippen LogP contribution in [0.25, 0.3) is 0 Å². The summed E-state index contributed by atoms with van der Waals surface area (Å²) in [7, 11) is 0. The van der Waals surface area contributed by atoms with Gasteiger partial charge in [0, 0.05) is 30.6 Å². The minimum Gasteiger partial charge on any atom is -0.270 e. The first-order valence-corrected chi connectivity index (χ1v) is 8.25. The van der Waals surface area contributed by atoms with Crippen molar-refractivity contribution >= 4 is 0 Å². The Kier molecular flexibility index (Phi) is 4.05. The second-order valence-electron chi connectivity index (χ2n) is 6.34. The van der Waals surface area contributed by atoms with Crippen LogP contribution in [0.1, 0.15) is 35.8 Å². The third-order valence-corrected chi connectivity index (χ3v) is 4.90. The van der Waals surface area contributed by atoms with E-state index in [1.165, 1.54) is 29.6 Å². The molecule has 1 aromatic heterocycles. The molecule has 0 fully saturated rings. The number of rotatable bonds is 3. The molecule has 1 aliphatic rings. The molecule has 2 atom stereocenters. The number of hydrogen-bond acceptors (Lipinski definition) is 3. The van der Waals surface area contributed by atoms with Crippen molar-refractivity contribution in [2.24, 2.45) is 0 Å². The molecule has 0 saturated carbocycles. The summed E-state index contributed by atoms with van der Waals surface area (Å²) < 4.78 is 29.2. The molecule has 128 valence electrons. The first-order chi connectivity index (χ1) is 12.1. The number of aromatic nitrogens is 3. The van der Waals surface area contributed by atoms with E-state index in [0.29, 0.717) is 12.1 Å². The standard InChI is InChI=1S/C19H18F2N4/c1-13-17-5-3-2-4-14(17)8-19(25-12-22-11-23-25)24(13)10-15-6-7-16(20)9-18(15)21/h2-7,9,11-13,19H,8,10H2,1H3/t13-,19?/m0/s1. The summed E-state index contributed by atoms with van der Waals surface area (Å²) in [5.74, 6) is -1.09. The Morgan fingerprint density at radius 2 is 2.00 bits per heavy atom. The summed E-state index contributed by atoms with van der Waals surface area (Å²) in [6, 6.07) is 12.1. The Balaban J connectivity index is 1.74. The molecule has 3 aromatic rings. The van der Waals surface area contributed by atoms with Crippen LogP contribution in [0.15, 0.2) is 55.1 Å². The van der Waals surface area contributed by atoms with Crippen LogP contribution in [0.5, 0.6) is 0 Å². The van der Waals surface area contributed by atoms with Gasteiger partial charge in [-0.2, -0.15) is 5.10 Å². The average molecular weight is 340 g/mol. The average Bonchev–Trinajstić information content (AvgIpc) is 3.13. The first kappa shape index (κ1) is 15.9. The fourth-order valence-corrected chi connectivity index (χ4v) is 3.58. The molecule has 0 saturated heterocycles. The third-order valence-electron chi connectivity index (χ3n) is 4.90. The van der Waals surface area contributed by atoms with Gasteiger partial charge in [-0.3, -0.25) is 4.90 Å². The molecule has 4 nitrogen and oxygen atoms in total. The number of halogens is 2. The summed E-state index contributed by atoms with van der Waals surface area (Å²) in [5, 5.41) is 4.29. The van der Waals surface area contributed by atoms with Crippen LogP contribution in [0.2, 0.25) is 0 Å². The van der Waals surface area contributed by atoms with Gasteiger partial charge in [0.05, 0.1) is 0 Å². The van der Waals surface area contributed by atoms with Gasteiger partial charge in [-0.25, -0.2) is 18.4 Å². The van der Waals surface area contributed by atoms with Gasteiger partial charge in [0.15, 0.2) is 0 Å². The molecule has 0 aliphatic carbocycles. The number of fused-ring (bicyclic) bond motifs is 1. The highest BCUT2D eigenvalue weighted by molar-refractivity contribution is 5.33. The number of nitrogens with zero attached hydrogens (tertiary/aromatic N) is 4. The zero-order chi connectivity index (χ0) is 17.4. The third kappa shape index (κ3) is 2.93. The van der Waals surface area contributed by atoms with Crippen LogP contribution >= 0.6 is 0 Å². The highest BCUT2D eigenvalue weighted by Gasteiger charge is 2.33. The highest BCUT2D eigenvalue weighted by Crippen LogP contribution is 2.38. The Bertz CT molecular complexity index is 879. The first-order valence-electron chi connectivity index (χ1n) is 8.25. The molecule has 4 rings (SSSR count). The van der Waals surface area contributed by atoms with Gasteiger partial charge in [-0.15, -0.1) is 0 Å². The van der Waals surface area contributed by atoms with E-state index in [1.54, 1.807) is 11.0 Å². The maximum absolute atomic E-state index is 14.2. The summed E-state index contributed by atoms with van der Waals surface area (Å²) in [6.45, 7) is 2.47. The molecule has 6 heteroatoms. The van der Waals surface area contributed by atoms with Crippen LogP contribution in [0, 0.1) is 11.6 Å². The lowest BCUT2D eigenvalue weighted by molar-refractivity contribution is 0.0603. The molecule has 0 radical (unpaired) electrons. The van der Waals surface area contributed by atoms with Crippen LogP contribution in [0.3, 0.4) is 0 Å². The Hall–Kier alpha value is -2.60.